The molecule has 0 fully saturated rings. The van der Waals surface area contributed by atoms with Crippen LogP contribution in [0.15, 0.2) is 48.7 Å². The zero-order chi connectivity index (χ0) is 19.7. The summed E-state index contributed by atoms with van der Waals surface area (Å²) in [6.45, 7) is 1.73. The molecule has 140 valence electrons. The lowest BCUT2D eigenvalue weighted by molar-refractivity contribution is 0.102. The van der Waals surface area contributed by atoms with E-state index in [9.17, 15) is 13.6 Å². The molecule has 0 aliphatic carbocycles. The van der Waals surface area contributed by atoms with Crippen LogP contribution >= 0.6 is 11.5 Å². The van der Waals surface area contributed by atoms with Crippen LogP contribution in [0.25, 0.3) is 11.0 Å². The van der Waals surface area contributed by atoms with Gasteiger partial charge in [0.25, 0.3) is 5.91 Å². The summed E-state index contributed by atoms with van der Waals surface area (Å²) in [7, 11) is 0. The van der Waals surface area contributed by atoms with Gasteiger partial charge in [0.2, 0.25) is 0 Å². The Labute approximate surface area is 163 Å². The van der Waals surface area contributed by atoms with Gasteiger partial charge in [-0.3, -0.25) is 9.78 Å². The fourth-order valence-corrected chi connectivity index (χ4v) is 3.72. The Morgan fingerprint density at radius 3 is 2.68 bits per heavy atom. The lowest BCUT2D eigenvalue weighted by atomic mass is 10.1. The Kier molecular flexibility index (Phi) is 4.79. The number of anilines is 1. The average Bonchev–Trinajstić information content (AvgIpc) is 3.05. The number of hydrogen-bond donors (Lipinski definition) is 1. The fourth-order valence-electron chi connectivity index (χ4n) is 2.84. The van der Waals surface area contributed by atoms with Crippen molar-refractivity contribution in [1.82, 2.24) is 14.3 Å². The number of halogens is 2. The van der Waals surface area contributed by atoms with E-state index in [1.54, 1.807) is 13.1 Å². The van der Waals surface area contributed by atoms with Crippen LogP contribution in [0.4, 0.5) is 14.5 Å². The van der Waals surface area contributed by atoms with E-state index in [4.69, 9.17) is 0 Å². The van der Waals surface area contributed by atoms with Crippen LogP contribution in [0.2, 0.25) is 0 Å². The molecule has 0 aliphatic rings. The van der Waals surface area contributed by atoms with Crippen molar-refractivity contribution in [2.24, 2.45) is 0 Å². The highest BCUT2D eigenvalue weighted by molar-refractivity contribution is 7.06. The number of nitrogens with one attached hydrogen (secondary N) is 1. The zero-order valence-corrected chi connectivity index (χ0v) is 15.6. The molecule has 1 N–H and O–H groups in total. The highest BCUT2D eigenvalue weighted by atomic mass is 32.1. The van der Waals surface area contributed by atoms with Crippen molar-refractivity contribution in [3.63, 3.8) is 0 Å². The Hall–Kier alpha value is -3.26. The van der Waals surface area contributed by atoms with Gasteiger partial charge in [0.1, 0.15) is 0 Å². The monoisotopic (exact) mass is 396 g/mol. The number of hydrogen-bond acceptors (Lipinski definition) is 5. The molecule has 0 saturated carbocycles. The molecule has 0 unspecified atom stereocenters. The van der Waals surface area contributed by atoms with E-state index in [1.165, 1.54) is 17.6 Å². The molecule has 0 atom stereocenters. The Bertz CT molecular complexity index is 1190. The van der Waals surface area contributed by atoms with Crippen molar-refractivity contribution >= 4 is 34.2 Å². The average molecular weight is 396 g/mol. The molecule has 0 saturated heterocycles. The maximum atomic E-state index is 13.4. The van der Waals surface area contributed by atoms with Gasteiger partial charge in [-0.2, -0.15) is 4.37 Å². The Morgan fingerprint density at radius 2 is 1.89 bits per heavy atom. The number of amides is 1. The number of para-hydroxylation sites is 2. The van der Waals surface area contributed by atoms with Gasteiger partial charge >= 0.3 is 0 Å². The number of rotatable bonds is 4. The normalized spacial score (nSPS) is 11.0. The summed E-state index contributed by atoms with van der Waals surface area (Å²) in [5, 5.41) is 2.59. The van der Waals surface area contributed by atoms with Gasteiger partial charge in [0.15, 0.2) is 11.6 Å². The van der Waals surface area contributed by atoms with Crippen LogP contribution < -0.4 is 5.32 Å². The highest BCUT2D eigenvalue weighted by Crippen LogP contribution is 2.24. The zero-order valence-electron chi connectivity index (χ0n) is 14.7. The summed E-state index contributed by atoms with van der Waals surface area (Å²) < 4.78 is 30.7. The number of aromatic nitrogens is 3. The molecule has 5 nitrogen and oxygen atoms in total. The number of carbonyl (C=O) groups excluding carboxylic acids is 1. The van der Waals surface area contributed by atoms with Crippen LogP contribution in [0.1, 0.15) is 26.6 Å². The molecule has 0 aliphatic heterocycles. The van der Waals surface area contributed by atoms with Crippen LogP contribution in [-0.4, -0.2) is 20.2 Å². The molecule has 2 heterocycles. The van der Waals surface area contributed by atoms with E-state index >= 15 is 0 Å². The quantitative estimate of drug-likeness (QED) is 0.551. The van der Waals surface area contributed by atoms with Crippen molar-refractivity contribution in [3.05, 3.63) is 82.1 Å². The fraction of sp³-hybridized carbons (Fsp3) is 0.100. The van der Waals surface area contributed by atoms with Gasteiger partial charge in [0, 0.05) is 29.2 Å². The standard InChI is InChI=1S/C20H14F2N4OS/c1-11-19(20(27)25-12-6-7-14(21)15(22)8-12)18(28-26-11)9-13-10-23-16-4-2-3-5-17(16)24-13/h2-8,10H,9H2,1H3,(H,25,27). The van der Waals surface area contributed by atoms with E-state index in [1.807, 2.05) is 24.3 Å². The van der Waals surface area contributed by atoms with Crippen LogP contribution in [0.3, 0.4) is 0 Å². The SMILES string of the molecule is Cc1nsc(Cc2cnc3ccccc3n2)c1C(=O)Nc1ccc(F)c(F)c1. The topological polar surface area (TPSA) is 67.8 Å². The van der Waals surface area contributed by atoms with E-state index in [-0.39, 0.29) is 5.69 Å². The molecule has 2 aromatic heterocycles. The first-order valence-electron chi connectivity index (χ1n) is 8.43. The summed E-state index contributed by atoms with van der Waals surface area (Å²) >= 11 is 1.21. The van der Waals surface area contributed by atoms with Gasteiger partial charge in [-0.1, -0.05) is 12.1 Å². The summed E-state index contributed by atoms with van der Waals surface area (Å²) in [4.78, 5) is 22.4. The molecule has 4 aromatic rings. The van der Waals surface area contributed by atoms with Gasteiger partial charge in [-0.15, -0.1) is 0 Å². The molecule has 28 heavy (non-hydrogen) atoms. The van der Waals surface area contributed by atoms with Gasteiger partial charge in [-0.25, -0.2) is 13.8 Å². The summed E-state index contributed by atoms with van der Waals surface area (Å²) in [5.41, 5.74) is 3.42. The third-order valence-electron chi connectivity index (χ3n) is 4.18. The predicted molar refractivity (Wildman–Crippen MR) is 104 cm³/mol. The van der Waals surface area contributed by atoms with E-state index in [0.29, 0.717) is 23.4 Å². The minimum absolute atomic E-state index is 0.172. The van der Waals surface area contributed by atoms with E-state index in [2.05, 4.69) is 19.7 Å². The molecule has 0 bridgehead atoms. The third-order valence-corrected chi connectivity index (χ3v) is 5.11. The molecule has 0 radical (unpaired) electrons. The van der Waals surface area contributed by atoms with Gasteiger partial charge in [-0.05, 0) is 42.7 Å². The molecule has 2 aromatic carbocycles. The summed E-state index contributed by atoms with van der Waals surface area (Å²) in [5.74, 6) is -2.42. The second-order valence-electron chi connectivity index (χ2n) is 6.18. The van der Waals surface area contributed by atoms with Crippen molar-refractivity contribution in [1.29, 1.82) is 0 Å². The van der Waals surface area contributed by atoms with Crippen molar-refractivity contribution < 1.29 is 13.6 Å². The molecule has 8 heteroatoms. The molecule has 0 spiro atoms. The minimum Gasteiger partial charge on any atom is -0.322 e. The molecule has 4 rings (SSSR count). The summed E-state index contributed by atoms with van der Waals surface area (Å²) in [6, 6.07) is 10.7. The van der Waals surface area contributed by atoms with Crippen molar-refractivity contribution in [2.75, 3.05) is 5.32 Å². The van der Waals surface area contributed by atoms with Crippen LogP contribution in [0.5, 0.6) is 0 Å². The highest BCUT2D eigenvalue weighted by Gasteiger charge is 2.20. The first kappa shape index (κ1) is 18.1. The first-order valence-corrected chi connectivity index (χ1v) is 9.21. The second kappa shape index (κ2) is 7.40. The van der Waals surface area contributed by atoms with E-state index in [0.717, 1.165) is 28.0 Å². The lowest BCUT2D eigenvalue weighted by Gasteiger charge is -2.07. The smallest absolute Gasteiger partial charge is 0.258 e. The minimum atomic E-state index is -1.02. The maximum Gasteiger partial charge on any atom is 0.258 e. The molecular weight excluding hydrogens is 382 g/mol. The van der Waals surface area contributed by atoms with Crippen LogP contribution in [0, 0.1) is 18.6 Å². The Morgan fingerprint density at radius 1 is 1.11 bits per heavy atom. The first-order chi connectivity index (χ1) is 13.5. The van der Waals surface area contributed by atoms with Crippen LogP contribution in [-0.2, 0) is 6.42 Å². The van der Waals surface area contributed by atoms with Gasteiger partial charge in [0.05, 0.1) is 28.0 Å². The van der Waals surface area contributed by atoms with Gasteiger partial charge < -0.3 is 5.32 Å². The third kappa shape index (κ3) is 3.59. The number of aryl methyl sites for hydroxylation is 1. The molecule has 1 amide bonds. The lowest BCUT2D eigenvalue weighted by Crippen LogP contribution is -2.15. The number of fused-ring (bicyclic) bond motifs is 1. The predicted octanol–water partition coefficient (Wildman–Crippen LogP) is 4.52. The number of carbonyl (C=O) groups is 1. The van der Waals surface area contributed by atoms with Crippen molar-refractivity contribution in [2.45, 2.75) is 13.3 Å². The van der Waals surface area contributed by atoms with Crippen molar-refractivity contribution in [3.8, 4) is 0 Å². The Balaban J connectivity index is 1.60. The second-order valence-corrected chi connectivity index (χ2v) is 7.03. The maximum absolute atomic E-state index is 13.4. The molecular formula is C20H14F2N4OS. The van der Waals surface area contributed by atoms with E-state index < -0.39 is 17.5 Å². The number of benzene rings is 2. The largest absolute Gasteiger partial charge is 0.322 e. The summed E-state index contributed by atoms with van der Waals surface area (Å²) in [6.07, 6.45) is 2.07. The number of nitrogens with zero attached hydrogens (tertiary/aromatic N) is 3.